The molecule has 1 saturated carbocycles. The van der Waals surface area contributed by atoms with Crippen LogP contribution in [0.15, 0.2) is 0 Å². The number of aliphatic hydroxyl groups excluding tert-OH is 2. The molecule has 0 spiro atoms. The molecule has 1 fully saturated rings. The molecular weight excluding hydrogens is 242 g/mol. The van der Waals surface area contributed by atoms with Crippen molar-refractivity contribution < 1.29 is 18.6 Å². The fraction of sp³-hybridized carbons (Fsp3) is 1.00. The minimum Gasteiger partial charge on any atom is -0.395 e. The fourth-order valence-corrected chi connectivity index (χ4v) is 3.07. The van der Waals surface area contributed by atoms with E-state index < -0.39 is 22.2 Å². The van der Waals surface area contributed by atoms with Crippen LogP contribution in [0, 0.1) is 5.41 Å². The van der Waals surface area contributed by atoms with Gasteiger partial charge < -0.3 is 10.2 Å². The predicted octanol–water partition coefficient (Wildman–Crippen LogP) is 0.226. The summed E-state index contributed by atoms with van der Waals surface area (Å²) >= 11 is 0. The van der Waals surface area contributed by atoms with Crippen molar-refractivity contribution in [3.63, 3.8) is 0 Å². The van der Waals surface area contributed by atoms with E-state index in [9.17, 15) is 13.5 Å². The lowest BCUT2D eigenvalue weighted by atomic mass is 9.86. The summed E-state index contributed by atoms with van der Waals surface area (Å²) in [5.41, 5.74) is -0.321. The Morgan fingerprint density at radius 2 is 1.88 bits per heavy atom. The normalized spacial score (nSPS) is 21.2. The summed E-state index contributed by atoms with van der Waals surface area (Å²) in [7, 11) is -3.31. The van der Waals surface area contributed by atoms with Gasteiger partial charge in [0.1, 0.15) is 0 Å². The molecule has 0 aromatic carbocycles. The average molecular weight is 265 g/mol. The molecule has 0 radical (unpaired) electrons. The summed E-state index contributed by atoms with van der Waals surface area (Å²) in [5, 5.41) is 18.8. The van der Waals surface area contributed by atoms with E-state index in [-0.39, 0.29) is 23.7 Å². The van der Waals surface area contributed by atoms with Gasteiger partial charge in [-0.1, -0.05) is 20.8 Å². The van der Waals surface area contributed by atoms with Crippen molar-refractivity contribution in [3.8, 4) is 0 Å². The van der Waals surface area contributed by atoms with Gasteiger partial charge in [-0.15, -0.1) is 0 Å². The number of nitrogens with one attached hydrogen (secondary N) is 1. The van der Waals surface area contributed by atoms with E-state index in [1.54, 1.807) is 0 Å². The third-order valence-electron chi connectivity index (χ3n) is 3.02. The molecule has 0 aliphatic heterocycles. The van der Waals surface area contributed by atoms with Crippen LogP contribution in [-0.4, -0.2) is 42.6 Å². The first-order valence-electron chi connectivity index (χ1n) is 5.97. The van der Waals surface area contributed by atoms with Crippen LogP contribution in [0.5, 0.6) is 0 Å². The molecule has 0 aromatic rings. The van der Waals surface area contributed by atoms with E-state index in [1.165, 1.54) is 0 Å². The van der Waals surface area contributed by atoms with Crippen molar-refractivity contribution in [2.45, 2.75) is 57.4 Å². The lowest BCUT2D eigenvalue weighted by molar-refractivity contribution is 0.0420. The van der Waals surface area contributed by atoms with Crippen LogP contribution in [0.3, 0.4) is 0 Å². The minimum absolute atomic E-state index is 0.228. The van der Waals surface area contributed by atoms with Gasteiger partial charge in [0.2, 0.25) is 10.0 Å². The summed E-state index contributed by atoms with van der Waals surface area (Å²) in [6.07, 6.45) is 0.956. The number of aliphatic hydroxyl groups is 2. The van der Waals surface area contributed by atoms with Gasteiger partial charge in [0, 0.05) is 6.04 Å². The highest BCUT2D eigenvalue weighted by molar-refractivity contribution is 7.90. The number of hydrogen-bond acceptors (Lipinski definition) is 4. The highest BCUT2D eigenvalue weighted by Crippen LogP contribution is 2.28. The molecule has 0 bridgehead atoms. The van der Waals surface area contributed by atoms with Gasteiger partial charge in [-0.3, -0.25) is 0 Å². The van der Waals surface area contributed by atoms with Crippen molar-refractivity contribution in [2.75, 3.05) is 6.61 Å². The second-order valence-electron chi connectivity index (χ2n) is 5.86. The summed E-state index contributed by atoms with van der Waals surface area (Å²) in [6, 6.07) is -0.602. The summed E-state index contributed by atoms with van der Waals surface area (Å²) in [6.45, 7) is 5.34. The Balaban J connectivity index is 2.54. The van der Waals surface area contributed by atoms with E-state index >= 15 is 0 Å². The number of rotatable bonds is 6. The highest BCUT2D eigenvalue weighted by atomic mass is 32.2. The molecule has 3 N–H and O–H groups in total. The molecule has 102 valence electrons. The standard InChI is InChI=1S/C11H23NO4S/c1-11(2,3)10(14)6-8(7-13)12-17(15,16)9-4-5-9/h8-10,12-14H,4-7H2,1-3H3. The van der Waals surface area contributed by atoms with Crippen molar-refractivity contribution in [1.82, 2.24) is 4.72 Å². The van der Waals surface area contributed by atoms with Crippen LogP contribution in [0.2, 0.25) is 0 Å². The number of hydrogen-bond donors (Lipinski definition) is 3. The zero-order valence-corrected chi connectivity index (χ0v) is 11.5. The van der Waals surface area contributed by atoms with Crippen LogP contribution in [0.25, 0.3) is 0 Å². The van der Waals surface area contributed by atoms with E-state index in [0.717, 1.165) is 0 Å². The van der Waals surface area contributed by atoms with Crippen LogP contribution >= 0.6 is 0 Å². The van der Waals surface area contributed by atoms with Crippen LogP contribution < -0.4 is 4.72 Å². The van der Waals surface area contributed by atoms with Gasteiger partial charge in [0.15, 0.2) is 0 Å². The smallest absolute Gasteiger partial charge is 0.214 e. The molecule has 1 aliphatic rings. The van der Waals surface area contributed by atoms with E-state index in [2.05, 4.69) is 4.72 Å². The predicted molar refractivity (Wildman–Crippen MR) is 66.0 cm³/mol. The Morgan fingerprint density at radius 3 is 2.24 bits per heavy atom. The van der Waals surface area contributed by atoms with Crippen molar-refractivity contribution in [3.05, 3.63) is 0 Å². The molecule has 1 aliphatic carbocycles. The zero-order valence-electron chi connectivity index (χ0n) is 10.7. The van der Waals surface area contributed by atoms with Gasteiger partial charge in [-0.2, -0.15) is 0 Å². The average Bonchev–Trinajstić information content (AvgIpc) is 2.97. The molecule has 0 amide bonds. The maximum atomic E-state index is 11.7. The topological polar surface area (TPSA) is 86.6 Å². The van der Waals surface area contributed by atoms with Gasteiger partial charge in [-0.05, 0) is 24.7 Å². The van der Waals surface area contributed by atoms with Crippen molar-refractivity contribution in [2.24, 2.45) is 5.41 Å². The number of sulfonamides is 1. The molecule has 1 rings (SSSR count). The molecule has 0 aromatic heterocycles. The van der Waals surface area contributed by atoms with Crippen LogP contribution in [-0.2, 0) is 10.0 Å². The first-order valence-corrected chi connectivity index (χ1v) is 7.51. The molecular formula is C11H23NO4S. The second kappa shape index (κ2) is 5.22. The molecule has 5 nitrogen and oxygen atoms in total. The Labute approximate surface area is 103 Å². The highest BCUT2D eigenvalue weighted by Gasteiger charge is 2.37. The maximum absolute atomic E-state index is 11.7. The molecule has 6 heteroatoms. The quantitative estimate of drug-likeness (QED) is 0.641. The first kappa shape index (κ1) is 14.9. The third-order valence-corrected chi connectivity index (χ3v) is 5.03. The molecule has 2 unspecified atom stereocenters. The summed E-state index contributed by atoms with van der Waals surface area (Å²) in [5.74, 6) is 0. The van der Waals surface area contributed by atoms with Gasteiger partial charge in [0.25, 0.3) is 0 Å². The molecule has 0 saturated heterocycles. The molecule has 2 atom stereocenters. The lowest BCUT2D eigenvalue weighted by Gasteiger charge is -2.29. The zero-order chi connectivity index (χ0) is 13.3. The van der Waals surface area contributed by atoms with Gasteiger partial charge in [0.05, 0.1) is 18.0 Å². The van der Waals surface area contributed by atoms with Crippen LogP contribution in [0.4, 0.5) is 0 Å². The third kappa shape index (κ3) is 4.54. The Morgan fingerprint density at radius 1 is 1.35 bits per heavy atom. The van der Waals surface area contributed by atoms with Gasteiger partial charge in [-0.25, -0.2) is 13.1 Å². The molecule has 17 heavy (non-hydrogen) atoms. The lowest BCUT2D eigenvalue weighted by Crippen LogP contribution is -2.43. The second-order valence-corrected chi connectivity index (χ2v) is 7.85. The SMILES string of the molecule is CC(C)(C)C(O)CC(CO)NS(=O)(=O)C1CC1. The Kier molecular flexibility index (Phi) is 4.57. The Bertz CT molecular complexity index is 343. The maximum Gasteiger partial charge on any atom is 0.214 e. The Hall–Kier alpha value is -0.170. The van der Waals surface area contributed by atoms with E-state index in [1.807, 2.05) is 20.8 Å². The molecule has 0 heterocycles. The first-order chi connectivity index (χ1) is 7.66. The minimum atomic E-state index is -3.31. The largest absolute Gasteiger partial charge is 0.395 e. The van der Waals surface area contributed by atoms with E-state index in [4.69, 9.17) is 5.11 Å². The summed E-state index contributed by atoms with van der Waals surface area (Å²) in [4.78, 5) is 0. The monoisotopic (exact) mass is 265 g/mol. The van der Waals surface area contributed by atoms with Crippen LogP contribution in [0.1, 0.15) is 40.0 Å². The summed E-state index contributed by atoms with van der Waals surface area (Å²) < 4.78 is 25.8. The van der Waals surface area contributed by atoms with Crippen molar-refractivity contribution in [1.29, 1.82) is 0 Å². The van der Waals surface area contributed by atoms with E-state index in [0.29, 0.717) is 12.8 Å². The fourth-order valence-electron chi connectivity index (χ4n) is 1.49. The van der Waals surface area contributed by atoms with Gasteiger partial charge >= 0.3 is 0 Å². The van der Waals surface area contributed by atoms with Crippen molar-refractivity contribution >= 4 is 10.0 Å².